The molecule has 1 aromatic carbocycles. The van der Waals surface area contributed by atoms with Crippen molar-refractivity contribution < 1.29 is 12.8 Å². The Morgan fingerprint density at radius 3 is 2.68 bits per heavy atom. The van der Waals surface area contributed by atoms with Crippen LogP contribution in [0.25, 0.3) is 0 Å². The summed E-state index contributed by atoms with van der Waals surface area (Å²) in [7, 11) is -3.96. The molecule has 0 spiro atoms. The van der Waals surface area contributed by atoms with Crippen LogP contribution in [0.1, 0.15) is 0 Å². The molecule has 0 radical (unpaired) electrons. The van der Waals surface area contributed by atoms with Gasteiger partial charge in [0.05, 0.1) is 16.4 Å². The van der Waals surface area contributed by atoms with Crippen molar-refractivity contribution in [2.75, 3.05) is 10.5 Å². The minimum atomic E-state index is -3.96. The molecule has 0 aliphatic heterocycles. The molecule has 0 unspecified atom stereocenters. The van der Waals surface area contributed by atoms with Crippen LogP contribution < -0.4 is 10.5 Å². The van der Waals surface area contributed by atoms with Gasteiger partial charge in [-0.25, -0.2) is 17.8 Å². The Morgan fingerprint density at radius 2 is 2.05 bits per heavy atom. The third-order valence-corrected chi connectivity index (χ3v) is 4.16. The van der Waals surface area contributed by atoms with Crippen molar-refractivity contribution in [1.82, 2.24) is 9.97 Å². The topological polar surface area (TPSA) is 98.0 Å². The number of hydrogen-bond donors (Lipinski definition) is 2. The molecule has 0 saturated heterocycles. The van der Waals surface area contributed by atoms with Gasteiger partial charge in [-0.15, -0.1) is 0 Å². The van der Waals surface area contributed by atoms with Crippen LogP contribution in [0.4, 0.5) is 15.9 Å². The number of benzene rings is 1. The highest BCUT2D eigenvalue weighted by atomic mass is 79.9. The summed E-state index contributed by atoms with van der Waals surface area (Å²) in [6, 6.07) is 2.01. The molecule has 100 valence electrons. The molecule has 9 heteroatoms. The second kappa shape index (κ2) is 5.10. The molecule has 6 nitrogen and oxygen atoms in total. The summed E-state index contributed by atoms with van der Waals surface area (Å²) < 4.78 is 39.6. The molecule has 0 amide bonds. The minimum absolute atomic E-state index is 0.00113. The maximum atomic E-state index is 13.2. The fourth-order valence-electron chi connectivity index (χ4n) is 1.32. The SMILES string of the molecule is Nc1cc(F)c(Br)cc1S(=O)(=O)Nc1cnccn1. The molecule has 0 fully saturated rings. The van der Waals surface area contributed by atoms with Crippen molar-refractivity contribution in [1.29, 1.82) is 0 Å². The number of nitrogens with one attached hydrogen (secondary N) is 1. The molecular weight excluding hydrogens is 339 g/mol. The van der Waals surface area contributed by atoms with Crippen LogP contribution in [-0.4, -0.2) is 18.4 Å². The van der Waals surface area contributed by atoms with E-state index in [4.69, 9.17) is 5.73 Å². The molecular formula is C10H8BrFN4O2S. The summed E-state index contributed by atoms with van der Waals surface area (Å²) in [5, 5.41) is 0. The quantitative estimate of drug-likeness (QED) is 0.825. The van der Waals surface area contributed by atoms with Gasteiger partial charge in [-0.1, -0.05) is 0 Å². The predicted molar refractivity (Wildman–Crippen MR) is 71.4 cm³/mol. The molecule has 0 bridgehead atoms. The van der Waals surface area contributed by atoms with E-state index in [-0.39, 0.29) is 20.9 Å². The minimum Gasteiger partial charge on any atom is -0.398 e. The van der Waals surface area contributed by atoms with Gasteiger partial charge >= 0.3 is 0 Å². The van der Waals surface area contributed by atoms with Crippen LogP contribution >= 0.6 is 15.9 Å². The van der Waals surface area contributed by atoms with E-state index in [1.807, 2.05) is 0 Å². The molecule has 0 saturated carbocycles. The number of nitrogens with zero attached hydrogens (tertiary/aromatic N) is 2. The van der Waals surface area contributed by atoms with E-state index in [2.05, 4.69) is 30.6 Å². The molecule has 0 aliphatic rings. The Morgan fingerprint density at radius 1 is 1.32 bits per heavy atom. The van der Waals surface area contributed by atoms with Gasteiger partial charge in [0.25, 0.3) is 10.0 Å². The van der Waals surface area contributed by atoms with E-state index < -0.39 is 15.8 Å². The summed E-state index contributed by atoms with van der Waals surface area (Å²) in [5.41, 5.74) is 5.32. The van der Waals surface area contributed by atoms with Crippen LogP contribution in [0.3, 0.4) is 0 Å². The van der Waals surface area contributed by atoms with Crippen LogP contribution in [0, 0.1) is 5.82 Å². The van der Waals surface area contributed by atoms with Crippen LogP contribution in [0.15, 0.2) is 40.1 Å². The molecule has 2 aromatic rings. The maximum Gasteiger partial charge on any atom is 0.265 e. The monoisotopic (exact) mass is 346 g/mol. The van der Waals surface area contributed by atoms with Crippen molar-refractivity contribution in [2.24, 2.45) is 0 Å². The summed E-state index contributed by atoms with van der Waals surface area (Å²) in [4.78, 5) is 7.26. The summed E-state index contributed by atoms with van der Waals surface area (Å²) in [6.45, 7) is 0. The first-order valence-electron chi connectivity index (χ1n) is 4.93. The lowest BCUT2D eigenvalue weighted by atomic mass is 10.3. The number of nitrogen functional groups attached to an aromatic ring is 1. The predicted octanol–water partition coefficient (Wildman–Crippen LogP) is 1.76. The van der Waals surface area contributed by atoms with Crippen LogP contribution in [0.5, 0.6) is 0 Å². The second-order valence-electron chi connectivity index (χ2n) is 3.50. The van der Waals surface area contributed by atoms with Crippen molar-refractivity contribution in [3.05, 3.63) is 41.0 Å². The third kappa shape index (κ3) is 2.99. The molecule has 1 aromatic heterocycles. The van der Waals surface area contributed by atoms with Crippen molar-refractivity contribution in [3.8, 4) is 0 Å². The summed E-state index contributed by atoms with van der Waals surface area (Å²) >= 11 is 2.91. The van der Waals surface area contributed by atoms with Crippen LogP contribution in [-0.2, 0) is 10.0 Å². The van der Waals surface area contributed by atoms with E-state index >= 15 is 0 Å². The first-order valence-corrected chi connectivity index (χ1v) is 7.21. The first-order chi connectivity index (χ1) is 8.90. The number of rotatable bonds is 3. The van der Waals surface area contributed by atoms with Crippen molar-refractivity contribution in [3.63, 3.8) is 0 Å². The van der Waals surface area contributed by atoms with Gasteiger partial charge in [-0.05, 0) is 28.1 Å². The highest BCUT2D eigenvalue weighted by Crippen LogP contribution is 2.27. The van der Waals surface area contributed by atoms with Gasteiger partial charge in [0.15, 0.2) is 5.82 Å². The Hall–Kier alpha value is -1.74. The summed E-state index contributed by atoms with van der Waals surface area (Å²) in [5.74, 6) is -0.599. The lowest BCUT2D eigenvalue weighted by Crippen LogP contribution is -2.16. The third-order valence-electron chi connectivity index (χ3n) is 2.14. The normalized spacial score (nSPS) is 11.3. The number of halogens is 2. The number of hydrogen-bond acceptors (Lipinski definition) is 5. The Labute approximate surface area is 117 Å². The van der Waals surface area contributed by atoms with E-state index in [9.17, 15) is 12.8 Å². The standard InChI is InChI=1S/C10H8BrFN4O2S/c11-6-3-9(8(13)4-7(6)12)19(17,18)16-10-5-14-1-2-15-10/h1-5H,13H2,(H,15,16). The Balaban J connectivity index is 2.43. The first kappa shape index (κ1) is 13.7. The van der Waals surface area contributed by atoms with Gasteiger partial charge in [0.2, 0.25) is 0 Å². The zero-order valence-corrected chi connectivity index (χ0v) is 11.7. The Kier molecular flexibility index (Phi) is 3.67. The van der Waals surface area contributed by atoms with E-state index in [1.54, 1.807) is 0 Å². The van der Waals surface area contributed by atoms with Gasteiger partial charge in [0, 0.05) is 12.4 Å². The molecule has 0 atom stereocenters. The maximum absolute atomic E-state index is 13.2. The molecule has 2 rings (SSSR count). The van der Waals surface area contributed by atoms with Crippen molar-refractivity contribution >= 4 is 37.5 Å². The average molecular weight is 347 g/mol. The second-order valence-corrected chi connectivity index (χ2v) is 6.01. The summed E-state index contributed by atoms with van der Waals surface area (Å²) in [6.07, 6.45) is 3.98. The fourth-order valence-corrected chi connectivity index (χ4v) is 2.95. The van der Waals surface area contributed by atoms with E-state index in [0.29, 0.717) is 0 Å². The fraction of sp³-hybridized carbons (Fsp3) is 0. The van der Waals surface area contributed by atoms with E-state index in [1.165, 1.54) is 18.6 Å². The Bertz CT molecular complexity index is 709. The largest absolute Gasteiger partial charge is 0.398 e. The zero-order chi connectivity index (χ0) is 14.0. The van der Waals surface area contributed by atoms with Gasteiger partial charge in [-0.3, -0.25) is 9.71 Å². The lowest BCUT2D eigenvalue weighted by Gasteiger charge is -2.10. The van der Waals surface area contributed by atoms with E-state index in [0.717, 1.165) is 12.1 Å². The van der Waals surface area contributed by atoms with Gasteiger partial charge in [-0.2, -0.15) is 0 Å². The molecule has 1 heterocycles. The van der Waals surface area contributed by atoms with Gasteiger partial charge in [0.1, 0.15) is 10.7 Å². The number of anilines is 2. The van der Waals surface area contributed by atoms with Crippen LogP contribution in [0.2, 0.25) is 0 Å². The smallest absolute Gasteiger partial charge is 0.265 e. The lowest BCUT2D eigenvalue weighted by molar-refractivity contribution is 0.599. The molecule has 0 aliphatic carbocycles. The molecule has 19 heavy (non-hydrogen) atoms. The zero-order valence-electron chi connectivity index (χ0n) is 9.34. The van der Waals surface area contributed by atoms with Gasteiger partial charge < -0.3 is 5.73 Å². The number of sulfonamides is 1. The highest BCUT2D eigenvalue weighted by Gasteiger charge is 2.20. The average Bonchev–Trinajstić information content (AvgIpc) is 2.34. The number of nitrogens with two attached hydrogens (primary N) is 1. The molecule has 3 N–H and O–H groups in total. The van der Waals surface area contributed by atoms with Crippen molar-refractivity contribution in [2.45, 2.75) is 4.90 Å². The highest BCUT2D eigenvalue weighted by molar-refractivity contribution is 9.10. The number of aromatic nitrogens is 2.